The number of hydrogen-bond acceptors (Lipinski definition) is 5. The Bertz CT molecular complexity index is 1440. The first-order valence-electron chi connectivity index (χ1n) is 13.9. The molecule has 206 valence electrons. The van der Waals surface area contributed by atoms with Gasteiger partial charge in [0.05, 0.1) is 5.52 Å². The fourth-order valence-corrected chi connectivity index (χ4v) is 5.07. The fraction of sp³-hybridized carbons (Fsp3) is 0.303. The molecule has 1 aromatic heterocycles. The number of hydrogen-bond donors (Lipinski definition) is 2. The number of benzene rings is 3. The van der Waals surface area contributed by atoms with Crippen molar-refractivity contribution in [3.63, 3.8) is 0 Å². The highest BCUT2D eigenvalue weighted by molar-refractivity contribution is 5.97. The van der Waals surface area contributed by atoms with Gasteiger partial charge in [-0.05, 0) is 60.7 Å². The molecule has 4 aromatic rings. The lowest BCUT2D eigenvalue weighted by molar-refractivity contribution is -0.124. The molecule has 0 unspecified atom stereocenters. The first kappa shape index (κ1) is 27.3. The summed E-state index contributed by atoms with van der Waals surface area (Å²) in [4.78, 5) is 33.1. The molecule has 7 heteroatoms. The van der Waals surface area contributed by atoms with Gasteiger partial charge >= 0.3 is 0 Å². The van der Waals surface area contributed by atoms with Gasteiger partial charge in [0.25, 0.3) is 5.91 Å². The molecule has 5 rings (SSSR count). The Balaban J connectivity index is 1.14. The number of para-hydroxylation sites is 2. The third-order valence-corrected chi connectivity index (χ3v) is 7.09. The van der Waals surface area contributed by atoms with Crippen LogP contribution >= 0.6 is 0 Å². The van der Waals surface area contributed by atoms with Crippen LogP contribution in [0.1, 0.15) is 42.7 Å². The summed E-state index contributed by atoms with van der Waals surface area (Å²) in [7, 11) is 0. The van der Waals surface area contributed by atoms with Gasteiger partial charge in [0.2, 0.25) is 5.91 Å². The number of nitrogens with zero attached hydrogens (tertiary/aromatic N) is 2. The molecule has 0 radical (unpaired) electrons. The third-order valence-electron chi connectivity index (χ3n) is 7.09. The molecule has 40 heavy (non-hydrogen) atoms. The predicted octanol–water partition coefficient (Wildman–Crippen LogP) is 5.56. The fourth-order valence-electron chi connectivity index (χ4n) is 5.07. The van der Waals surface area contributed by atoms with Crippen LogP contribution in [0.15, 0.2) is 91.0 Å². The molecular weight excluding hydrogens is 500 g/mol. The van der Waals surface area contributed by atoms with E-state index >= 15 is 0 Å². The number of amides is 2. The molecule has 2 N–H and O–H groups in total. The first-order valence-corrected chi connectivity index (χ1v) is 13.9. The molecule has 2 heterocycles. The van der Waals surface area contributed by atoms with Crippen molar-refractivity contribution in [1.82, 2.24) is 20.5 Å². The van der Waals surface area contributed by atoms with E-state index in [4.69, 9.17) is 4.74 Å². The lowest BCUT2D eigenvalue weighted by atomic mass is 10.0. The van der Waals surface area contributed by atoms with Gasteiger partial charge in [-0.15, -0.1) is 0 Å². The Morgan fingerprint density at radius 1 is 0.925 bits per heavy atom. The largest absolute Gasteiger partial charge is 0.457 e. The smallest absolute Gasteiger partial charge is 0.270 e. The van der Waals surface area contributed by atoms with E-state index in [0.29, 0.717) is 12.1 Å². The molecular formula is C33H36N4O3. The maximum Gasteiger partial charge on any atom is 0.270 e. The van der Waals surface area contributed by atoms with Crippen LogP contribution in [0.5, 0.6) is 11.5 Å². The van der Waals surface area contributed by atoms with E-state index in [0.717, 1.165) is 48.5 Å². The molecule has 0 spiro atoms. The van der Waals surface area contributed by atoms with Crippen LogP contribution in [-0.4, -0.2) is 46.9 Å². The average molecular weight is 537 g/mol. The van der Waals surface area contributed by atoms with Crippen LogP contribution in [0.3, 0.4) is 0 Å². The maximum absolute atomic E-state index is 13.3. The maximum atomic E-state index is 13.3. The Hall–Kier alpha value is -4.23. The van der Waals surface area contributed by atoms with Crippen molar-refractivity contribution in [3.8, 4) is 11.5 Å². The predicted molar refractivity (Wildman–Crippen MR) is 157 cm³/mol. The number of carbonyl (C=O) groups is 2. The van der Waals surface area contributed by atoms with Gasteiger partial charge in [0.15, 0.2) is 0 Å². The van der Waals surface area contributed by atoms with Crippen molar-refractivity contribution in [2.75, 3.05) is 13.1 Å². The lowest BCUT2D eigenvalue weighted by Crippen LogP contribution is -2.50. The minimum atomic E-state index is -0.619. The molecule has 1 saturated heterocycles. The van der Waals surface area contributed by atoms with Crippen molar-refractivity contribution in [3.05, 3.63) is 102 Å². The molecule has 1 aliphatic heterocycles. The molecule has 7 nitrogen and oxygen atoms in total. The quantitative estimate of drug-likeness (QED) is 0.277. The highest BCUT2D eigenvalue weighted by atomic mass is 16.5. The highest BCUT2D eigenvalue weighted by Crippen LogP contribution is 2.22. The number of carbonyl (C=O) groups excluding carboxylic acids is 2. The summed E-state index contributed by atoms with van der Waals surface area (Å²) in [5, 5.41) is 7.10. The molecule has 0 saturated carbocycles. The number of nitrogens with one attached hydrogen (secondary N) is 2. The van der Waals surface area contributed by atoms with Gasteiger partial charge in [-0.1, -0.05) is 68.4 Å². The first-order chi connectivity index (χ1) is 19.4. The van der Waals surface area contributed by atoms with Crippen molar-refractivity contribution >= 4 is 22.7 Å². The van der Waals surface area contributed by atoms with Gasteiger partial charge in [0.1, 0.15) is 23.2 Å². The Kier molecular flexibility index (Phi) is 8.71. The highest BCUT2D eigenvalue weighted by Gasteiger charge is 2.29. The summed E-state index contributed by atoms with van der Waals surface area (Å²) in [5.74, 6) is 1.39. The summed E-state index contributed by atoms with van der Waals surface area (Å²) in [6.07, 6.45) is 1.43. The second kappa shape index (κ2) is 12.7. The molecule has 3 aromatic carbocycles. The van der Waals surface area contributed by atoms with Crippen LogP contribution in [0.2, 0.25) is 0 Å². The van der Waals surface area contributed by atoms with Gasteiger partial charge < -0.3 is 15.4 Å². The van der Waals surface area contributed by atoms with E-state index in [-0.39, 0.29) is 23.8 Å². The van der Waals surface area contributed by atoms with E-state index in [1.54, 1.807) is 6.07 Å². The second-order valence-corrected chi connectivity index (χ2v) is 10.8. The molecule has 1 fully saturated rings. The number of ether oxygens (including phenoxy) is 1. The molecule has 2 atom stereocenters. The molecule has 0 bridgehead atoms. The SMILES string of the molecule is CC(C)C[C@H](NC(=O)c1ccc2ccccc2n1)C(=O)N[C@H]1CCN(Cc2ccc(Oc3ccccc3)cc2)C1. The molecule has 1 aliphatic rings. The van der Waals surface area contributed by atoms with Crippen molar-refractivity contribution < 1.29 is 14.3 Å². The number of rotatable bonds is 10. The van der Waals surface area contributed by atoms with E-state index in [1.165, 1.54) is 5.56 Å². The van der Waals surface area contributed by atoms with Crippen molar-refractivity contribution in [1.29, 1.82) is 0 Å². The normalized spacial score (nSPS) is 16.1. The Morgan fingerprint density at radius 3 is 2.42 bits per heavy atom. The summed E-state index contributed by atoms with van der Waals surface area (Å²) in [6.45, 7) is 6.57. The van der Waals surface area contributed by atoms with Gasteiger partial charge in [0, 0.05) is 31.1 Å². The van der Waals surface area contributed by atoms with Crippen molar-refractivity contribution in [2.45, 2.75) is 45.3 Å². The van der Waals surface area contributed by atoms with Crippen molar-refractivity contribution in [2.24, 2.45) is 5.92 Å². The Morgan fingerprint density at radius 2 is 1.65 bits per heavy atom. The Labute approximate surface area is 235 Å². The van der Waals surface area contributed by atoms with E-state index in [9.17, 15) is 9.59 Å². The van der Waals surface area contributed by atoms with Crippen LogP contribution in [-0.2, 0) is 11.3 Å². The topological polar surface area (TPSA) is 83.6 Å². The summed E-state index contributed by atoms with van der Waals surface area (Å²) in [6, 6.07) is 28.6. The minimum Gasteiger partial charge on any atom is -0.457 e. The minimum absolute atomic E-state index is 0.0403. The standard InChI is InChI=1S/C33H36N4O3/c1-23(2)20-31(36-32(38)30-17-14-25-8-6-7-11-29(25)35-30)33(39)34-26-18-19-37(22-26)21-24-12-15-28(16-13-24)40-27-9-4-3-5-10-27/h3-17,23,26,31H,18-22H2,1-2H3,(H,34,39)(H,36,38)/t26-,31-/m0/s1. The molecule has 0 aliphatic carbocycles. The van der Waals surface area contributed by atoms with E-state index < -0.39 is 6.04 Å². The van der Waals surface area contributed by atoms with E-state index in [1.807, 2.05) is 86.6 Å². The van der Waals surface area contributed by atoms with Gasteiger partial charge in [-0.25, -0.2) is 4.98 Å². The zero-order valence-corrected chi connectivity index (χ0v) is 23.0. The zero-order chi connectivity index (χ0) is 27.9. The van der Waals surface area contributed by atoms with E-state index in [2.05, 4.69) is 32.7 Å². The van der Waals surface area contributed by atoms with Crippen LogP contribution < -0.4 is 15.4 Å². The lowest BCUT2D eigenvalue weighted by Gasteiger charge is -2.23. The molecule has 2 amide bonds. The number of aromatic nitrogens is 1. The van der Waals surface area contributed by atoms with Gasteiger partial charge in [-0.3, -0.25) is 14.5 Å². The van der Waals surface area contributed by atoms with Crippen LogP contribution in [0, 0.1) is 5.92 Å². The van der Waals surface area contributed by atoms with Crippen LogP contribution in [0.4, 0.5) is 0 Å². The summed E-state index contributed by atoms with van der Waals surface area (Å²) < 4.78 is 5.89. The average Bonchev–Trinajstić information content (AvgIpc) is 3.40. The number of likely N-dealkylation sites (tertiary alicyclic amines) is 1. The third kappa shape index (κ3) is 7.24. The zero-order valence-electron chi connectivity index (χ0n) is 23.0. The summed E-state index contributed by atoms with van der Waals surface area (Å²) >= 11 is 0. The monoisotopic (exact) mass is 536 g/mol. The number of pyridine rings is 1. The van der Waals surface area contributed by atoms with Gasteiger partial charge in [-0.2, -0.15) is 0 Å². The number of fused-ring (bicyclic) bond motifs is 1. The van der Waals surface area contributed by atoms with Crippen LogP contribution in [0.25, 0.3) is 10.9 Å². The second-order valence-electron chi connectivity index (χ2n) is 10.8. The summed E-state index contributed by atoms with van der Waals surface area (Å²) in [5.41, 5.74) is 2.26.